The van der Waals surface area contributed by atoms with Gasteiger partial charge in [0.05, 0.1) is 6.10 Å². The lowest BCUT2D eigenvalue weighted by Gasteiger charge is -2.27. The summed E-state index contributed by atoms with van der Waals surface area (Å²) in [6, 6.07) is 0. The third kappa shape index (κ3) is 1.93. The van der Waals surface area contributed by atoms with Gasteiger partial charge in [0.2, 0.25) is 0 Å². The number of aliphatic hydroxyl groups excluding tert-OH is 1. The summed E-state index contributed by atoms with van der Waals surface area (Å²) in [6.07, 6.45) is 2.61. The van der Waals surface area contributed by atoms with Crippen molar-refractivity contribution in [3.63, 3.8) is 0 Å². The number of aliphatic hydroxyl groups is 1. The van der Waals surface area contributed by atoms with Crippen molar-refractivity contribution < 1.29 is 5.11 Å². The fourth-order valence-corrected chi connectivity index (χ4v) is 1.53. The summed E-state index contributed by atoms with van der Waals surface area (Å²) in [5.74, 6) is 0.510. The van der Waals surface area contributed by atoms with Crippen LogP contribution in [0.4, 0.5) is 0 Å². The Kier molecular flexibility index (Phi) is 2.50. The second-order valence-corrected chi connectivity index (χ2v) is 3.49. The molecular weight excluding hydrogens is 136 g/mol. The summed E-state index contributed by atoms with van der Waals surface area (Å²) in [5.41, 5.74) is 2.18. The summed E-state index contributed by atoms with van der Waals surface area (Å²) in [5, 5.41) is 9.46. The Balaban J connectivity index is 2.52. The molecule has 1 aliphatic carbocycles. The number of rotatable bonds is 1. The zero-order valence-electron chi connectivity index (χ0n) is 7.14. The lowest BCUT2D eigenvalue weighted by atomic mass is 9.81. The van der Waals surface area contributed by atoms with Crippen LogP contribution in [0, 0.1) is 5.92 Å². The highest BCUT2D eigenvalue weighted by molar-refractivity contribution is 5.11. The molecule has 0 heterocycles. The van der Waals surface area contributed by atoms with Gasteiger partial charge in [0.1, 0.15) is 0 Å². The van der Waals surface area contributed by atoms with Crippen molar-refractivity contribution in [1.29, 1.82) is 0 Å². The summed E-state index contributed by atoms with van der Waals surface area (Å²) < 4.78 is 0. The van der Waals surface area contributed by atoms with Gasteiger partial charge in [-0.2, -0.15) is 0 Å². The van der Waals surface area contributed by atoms with E-state index in [-0.39, 0.29) is 6.10 Å². The zero-order chi connectivity index (χ0) is 8.43. The Morgan fingerprint density at radius 2 is 2.27 bits per heavy atom. The first-order valence-electron chi connectivity index (χ1n) is 4.12. The van der Waals surface area contributed by atoms with E-state index >= 15 is 0 Å². The summed E-state index contributed by atoms with van der Waals surface area (Å²) >= 11 is 0. The fourth-order valence-electron chi connectivity index (χ4n) is 1.53. The van der Waals surface area contributed by atoms with Crippen LogP contribution in [0.2, 0.25) is 0 Å². The van der Waals surface area contributed by atoms with Gasteiger partial charge >= 0.3 is 0 Å². The fraction of sp³-hybridized carbons (Fsp3) is 0.600. The molecule has 0 amide bonds. The maximum Gasteiger partial charge on any atom is 0.0753 e. The second kappa shape index (κ2) is 3.22. The van der Waals surface area contributed by atoms with E-state index in [1.54, 1.807) is 0 Å². The number of hydrogen-bond acceptors (Lipinski definition) is 1. The van der Waals surface area contributed by atoms with Crippen LogP contribution in [0.5, 0.6) is 0 Å². The van der Waals surface area contributed by atoms with Gasteiger partial charge in [-0.05, 0) is 37.7 Å². The first kappa shape index (κ1) is 8.54. The highest BCUT2D eigenvalue weighted by atomic mass is 16.3. The molecule has 1 fully saturated rings. The van der Waals surface area contributed by atoms with Gasteiger partial charge in [-0.15, -0.1) is 0 Å². The quantitative estimate of drug-likeness (QED) is 0.571. The van der Waals surface area contributed by atoms with Crippen molar-refractivity contribution in [3.05, 3.63) is 24.3 Å². The van der Waals surface area contributed by atoms with Gasteiger partial charge in [-0.3, -0.25) is 0 Å². The molecule has 0 aromatic carbocycles. The van der Waals surface area contributed by atoms with Crippen molar-refractivity contribution in [2.45, 2.75) is 32.3 Å². The first-order valence-corrected chi connectivity index (χ1v) is 4.12. The molecule has 2 atom stereocenters. The molecule has 0 bridgehead atoms. The highest BCUT2D eigenvalue weighted by Crippen LogP contribution is 2.31. The predicted molar refractivity (Wildman–Crippen MR) is 47.3 cm³/mol. The molecule has 1 saturated carbocycles. The minimum atomic E-state index is -0.287. The Morgan fingerprint density at radius 1 is 1.64 bits per heavy atom. The van der Waals surface area contributed by atoms with E-state index in [4.69, 9.17) is 0 Å². The topological polar surface area (TPSA) is 20.2 Å². The molecule has 1 aliphatic rings. The van der Waals surface area contributed by atoms with Crippen LogP contribution in [0.3, 0.4) is 0 Å². The molecule has 1 nitrogen and oxygen atoms in total. The maximum absolute atomic E-state index is 9.46. The Bertz CT molecular complexity index is 181. The van der Waals surface area contributed by atoms with Gasteiger partial charge in [-0.1, -0.05) is 18.7 Å². The molecule has 0 spiro atoms. The van der Waals surface area contributed by atoms with Gasteiger partial charge in [0, 0.05) is 0 Å². The molecule has 1 N–H and O–H groups in total. The average Bonchev–Trinajstić information content (AvgIpc) is 1.94. The van der Waals surface area contributed by atoms with Gasteiger partial charge in [0.25, 0.3) is 0 Å². The second-order valence-electron chi connectivity index (χ2n) is 3.49. The van der Waals surface area contributed by atoms with E-state index in [1.807, 2.05) is 6.92 Å². The molecule has 11 heavy (non-hydrogen) atoms. The lowest BCUT2D eigenvalue weighted by Crippen LogP contribution is -2.22. The van der Waals surface area contributed by atoms with E-state index in [1.165, 1.54) is 5.57 Å². The molecule has 1 unspecified atom stereocenters. The summed E-state index contributed by atoms with van der Waals surface area (Å²) in [4.78, 5) is 0. The van der Waals surface area contributed by atoms with Crippen molar-refractivity contribution in [3.8, 4) is 0 Å². The SMILES string of the molecule is C=C(C)C1CCC(=C)[C@H](O)C1. The van der Waals surface area contributed by atoms with E-state index in [9.17, 15) is 5.11 Å². The third-order valence-corrected chi connectivity index (χ3v) is 2.49. The Labute approximate surface area is 68.4 Å². The van der Waals surface area contributed by atoms with E-state index < -0.39 is 0 Å². The van der Waals surface area contributed by atoms with Crippen molar-refractivity contribution >= 4 is 0 Å². The number of hydrogen-bond donors (Lipinski definition) is 1. The van der Waals surface area contributed by atoms with Crippen LogP contribution in [0.25, 0.3) is 0 Å². The molecule has 0 saturated heterocycles. The van der Waals surface area contributed by atoms with Crippen molar-refractivity contribution in [1.82, 2.24) is 0 Å². The van der Waals surface area contributed by atoms with Crippen molar-refractivity contribution in [2.24, 2.45) is 5.92 Å². The van der Waals surface area contributed by atoms with Gasteiger partial charge in [0.15, 0.2) is 0 Å². The maximum atomic E-state index is 9.46. The molecule has 0 aromatic heterocycles. The van der Waals surface area contributed by atoms with Crippen LogP contribution >= 0.6 is 0 Å². The summed E-state index contributed by atoms with van der Waals surface area (Å²) in [6.45, 7) is 9.74. The van der Waals surface area contributed by atoms with Gasteiger partial charge < -0.3 is 5.11 Å². The summed E-state index contributed by atoms with van der Waals surface area (Å²) in [7, 11) is 0. The molecule has 1 rings (SSSR count). The van der Waals surface area contributed by atoms with E-state index in [0.717, 1.165) is 24.8 Å². The molecule has 0 aromatic rings. The predicted octanol–water partition coefficient (Wildman–Crippen LogP) is 2.28. The zero-order valence-corrected chi connectivity index (χ0v) is 7.14. The highest BCUT2D eigenvalue weighted by Gasteiger charge is 2.22. The van der Waals surface area contributed by atoms with Crippen LogP contribution in [0.15, 0.2) is 24.3 Å². The monoisotopic (exact) mass is 152 g/mol. The molecular formula is C10H16O. The van der Waals surface area contributed by atoms with E-state index in [2.05, 4.69) is 13.2 Å². The molecule has 1 heteroatoms. The first-order chi connectivity index (χ1) is 5.11. The minimum absolute atomic E-state index is 0.287. The third-order valence-electron chi connectivity index (χ3n) is 2.49. The van der Waals surface area contributed by atoms with Crippen LogP contribution in [-0.2, 0) is 0 Å². The standard InChI is InChI=1S/C10H16O/c1-7(2)9-5-4-8(3)10(11)6-9/h9-11H,1,3-6H2,2H3/t9?,10-/m1/s1. The molecule has 62 valence electrons. The smallest absolute Gasteiger partial charge is 0.0753 e. The van der Waals surface area contributed by atoms with Crippen LogP contribution in [0.1, 0.15) is 26.2 Å². The van der Waals surface area contributed by atoms with Gasteiger partial charge in [-0.25, -0.2) is 0 Å². The molecule has 0 aliphatic heterocycles. The Morgan fingerprint density at radius 3 is 2.73 bits per heavy atom. The normalized spacial score (nSPS) is 32.0. The minimum Gasteiger partial charge on any atom is -0.389 e. The lowest BCUT2D eigenvalue weighted by molar-refractivity contribution is 0.159. The molecule has 0 radical (unpaired) electrons. The Hall–Kier alpha value is -0.560. The number of allylic oxidation sites excluding steroid dienone is 1. The van der Waals surface area contributed by atoms with E-state index in [0.29, 0.717) is 5.92 Å². The van der Waals surface area contributed by atoms with Crippen LogP contribution in [-0.4, -0.2) is 11.2 Å². The largest absolute Gasteiger partial charge is 0.389 e. The van der Waals surface area contributed by atoms with Crippen LogP contribution < -0.4 is 0 Å². The van der Waals surface area contributed by atoms with Crippen molar-refractivity contribution in [2.75, 3.05) is 0 Å². The average molecular weight is 152 g/mol.